The quantitative estimate of drug-likeness (QED) is 0.690. The van der Waals surface area contributed by atoms with Crippen LogP contribution in [0.25, 0.3) is 0 Å². The average molecular weight is 305 g/mol. The van der Waals surface area contributed by atoms with Gasteiger partial charge in [0.1, 0.15) is 0 Å². The maximum absolute atomic E-state index is 10.9. The summed E-state index contributed by atoms with van der Waals surface area (Å²) in [5, 5.41) is 14.4. The number of nitro benzene ring substituents is 1. The molecule has 0 heterocycles. The molecule has 21 heavy (non-hydrogen) atoms. The molecular formula is C16H17ClN2O2. The molecule has 1 aliphatic carbocycles. The molecule has 4 nitrogen and oxygen atoms in total. The van der Waals surface area contributed by atoms with Crippen molar-refractivity contribution in [2.24, 2.45) is 0 Å². The molecule has 110 valence electrons. The minimum atomic E-state index is -0.327. The van der Waals surface area contributed by atoms with Crippen LogP contribution in [0, 0.1) is 10.1 Å². The van der Waals surface area contributed by atoms with Crippen LogP contribution in [0.15, 0.2) is 48.5 Å². The maximum atomic E-state index is 10.9. The van der Waals surface area contributed by atoms with E-state index in [2.05, 4.69) is 17.4 Å². The third-order valence-electron chi connectivity index (χ3n) is 3.81. The fraction of sp³-hybridized carbons (Fsp3) is 0.250. The van der Waals surface area contributed by atoms with E-state index in [4.69, 9.17) is 0 Å². The minimum Gasteiger partial charge on any atom is -0.306 e. The van der Waals surface area contributed by atoms with Gasteiger partial charge in [-0.15, -0.1) is 12.4 Å². The summed E-state index contributed by atoms with van der Waals surface area (Å²) in [5.41, 5.74) is 3.71. The largest absolute Gasteiger partial charge is 0.306 e. The average Bonchev–Trinajstić information content (AvgIpc) is 2.88. The summed E-state index contributed by atoms with van der Waals surface area (Å²) in [6.45, 7) is 0.785. The Morgan fingerprint density at radius 1 is 1.19 bits per heavy atom. The Bertz CT molecular complexity index is 631. The summed E-state index contributed by atoms with van der Waals surface area (Å²) < 4.78 is 0. The van der Waals surface area contributed by atoms with Gasteiger partial charge in [0.15, 0.2) is 0 Å². The Morgan fingerprint density at radius 3 is 2.67 bits per heavy atom. The van der Waals surface area contributed by atoms with E-state index in [9.17, 15) is 10.1 Å². The summed E-state index contributed by atoms with van der Waals surface area (Å²) >= 11 is 0. The molecule has 0 spiro atoms. The normalized spacial score (nSPS) is 16.1. The number of benzene rings is 2. The van der Waals surface area contributed by atoms with E-state index < -0.39 is 0 Å². The van der Waals surface area contributed by atoms with Gasteiger partial charge in [-0.05, 0) is 29.5 Å². The molecule has 0 aromatic heterocycles. The van der Waals surface area contributed by atoms with Crippen LogP contribution in [-0.2, 0) is 13.0 Å². The van der Waals surface area contributed by atoms with Gasteiger partial charge in [-0.25, -0.2) is 0 Å². The molecule has 5 heteroatoms. The van der Waals surface area contributed by atoms with Crippen LogP contribution < -0.4 is 5.32 Å². The predicted molar refractivity (Wildman–Crippen MR) is 84.7 cm³/mol. The third-order valence-corrected chi connectivity index (χ3v) is 3.81. The van der Waals surface area contributed by atoms with E-state index >= 15 is 0 Å². The van der Waals surface area contributed by atoms with Crippen molar-refractivity contribution in [2.75, 3.05) is 0 Å². The smallest absolute Gasteiger partial charge is 0.269 e. The first-order chi connectivity index (χ1) is 9.74. The van der Waals surface area contributed by atoms with Gasteiger partial charge >= 0.3 is 0 Å². The number of halogens is 1. The first-order valence-electron chi connectivity index (χ1n) is 6.78. The van der Waals surface area contributed by atoms with Gasteiger partial charge < -0.3 is 5.32 Å². The van der Waals surface area contributed by atoms with Gasteiger partial charge in [-0.2, -0.15) is 0 Å². The zero-order chi connectivity index (χ0) is 13.9. The standard InChI is InChI=1S/C16H16N2O2.ClH/c19-18(20)14-8-6-13-7-9-16(15(13)10-14)17-11-12-4-2-1-3-5-12;/h1-6,8,10,16-17H,7,9,11H2;1H. The van der Waals surface area contributed by atoms with Crippen LogP contribution in [-0.4, -0.2) is 4.92 Å². The van der Waals surface area contributed by atoms with Crippen molar-refractivity contribution in [1.29, 1.82) is 0 Å². The molecule has 0 amide bonds. The molecule has 2 aromatic rings. The van der Waals surface area contributed by atoms with Crippen LogP contribution in [0.1, 0.15) is 29.2 Å². The van der Waals surface area contributed by atoms with E-state index in [1.807, 2.05) is 24.3 Å². The number of aryl methyl sites for hydroxylation is 1. The first-order valence-corrected chi connectivity index (χ1v) is 6.78. The highest BCUT2D eigenvalue weighted by Crippen LogP contribution is 2.33. The second kappa shape index (κ2) is 6.70. The van der Waals surface area contributed by atoms with E-state index in [1.54, 1.807) is 12.1 Å². The number of rotatable bonds is 4. The molecule has 3 rings (SSSR count). The van der Waals surface area contributed by atoms with Crippen LogP contribution >= 0.6 is 12.4 Å². The Morgan fingerprint density at radius 2 is 1.95 bits per heavy atom. The van der Waals surface area contributed by atoms with Gasteiger partial charge in [0.2, 0.25) is 0 Å². The lowest BCUT2D eigenvalue weighted by molar-refractivity contribution is -0.384. The van der Waals surface area contributed by atoms with Crippen molar-refractivity contribution >= 4 is 18.1 Å². The Hall–Kier alpha value is -1.91. The van der Waals surface area contributed by atoms with E-state index in [0.717, 1.165) is 24.9 Å². The number of non-ortho nitro benzene ring substituents is 1. The molecule has 0 bridgehead atoms. The minimum absolute atomic E-state index is 0. The second-order valence-electron chi connectivity index (χ2n) is 5.10. The summed E-state index contributed by atoms with van der Waals surface area (Å²) in [5.74, 6) is 0. The molecule has 1 unspecified atom stereocenters. The number of nitro groups is 1. The highest BCUT2D eigenvalue weighted by Gasteiger charge is 2.24. The highest BCUT2D eigenvalue weighted by molar-refractivity contribution is 5.85. The number of nitrogens with one attached hydrogen (secondary N) is 1. The number of hydrogen-bond acceptors (Lipinski definition) is 3. The summed E-state index contributed by atoms with van der Waals surface area (Å²) in [4.78, 5) is 10.5. The Labute approximate surface area is 129 Å². The van der Waals surface area contributed by atoms with Gasteiger partial charge in [-0.1, -0.05) is 36.4 Å². The van der Waals surface area contributed by atoms with Gasteiger partial charge in [0.25, 0.3) is 5.69 Å². The zero-order valence-corrected chi connectivity index (χ0v) is 12.3. The highest BCUT2D eigenvalue weighted by atomic mass is 35.5. The number of fused-ring (bicyclic) bond motifs is 1. The van der Waals surface area contributed by atoms with Gasteiger partial charge in [-0.3, -0.25) is 10.1 Å². The fourth-order valence-corrected chi connectivity index (χ4v) is 2.75. The Kier molecular flexibility index (Phi) is 4.94. The molecule has 1 aliphatic rings. The van der Waals surface area contributed by atoms with Crippen LogP contribution in [0.4, 0.5) is 5.69 Å². The molecule has 0 radical (unpaired) electrons. The molecule has 1 atom stereocenters. The molecular weight excluding hydrogens is 288 g/mol. The third kappa shape index (κ3) is 3.40. The van der Waals surface area contributed by atoms with Crippen LogP contribution in [0.2, 0.25) is 0 Å². The lowest BCUT2D eigenvalue weighted by atomic mass is 10.1. The second-order valence-corrected chi connectivity index (χ2v) is 5.10. The van der Waals surface area contributed by atoms with E-state index in [1.165, 1.54) is 11.1 Å². The van der Waals surface area contributed by atoms with Gasteiger partial charge in [0.05, 0.1) is 4.92 Å². The SMILES string of the molecule is Cl.O=[N+]([O-])c1ccc2c(c1)C(NCc1ccccc1)CC2. The zero-order valence-electron chi connectivity index (χ0n) is 11.5. The van der Waals surface area contributed by atoms with Crippen molar-refractivity contribution in [3.63, 3.8) is 0 Å². The molecule has 0 saturated heterocycles. The van der Waals surface area contributed by atoms with Crippen molar-refractivity contribution in [1.82, 2.24) is 5.32 Å². The lowest BCUT2D eigenvalue weighted by Gasteiger charge is -2.14. The number of hydrogen-bond donors (Lipinski definition) is 1. The molecule has 0 aliphatic heterocycles. The predicted octanol–water partition coefficient (Wildman–Crippen LogP) is 3.79. The summed E-state index contributed by atoms with van der Waals surface area (Å²) in [6.07, 6.45) is 1.99. The topological polar surface area (TPSA) is 55.2 Å². The molecule has 2 aromatic carbocycles. The Balaban J connectivity index is 0.00000161. The van der Waals surface area contributed by atoms with Crippen molar-refractivity contribution in [3.05, 3.63) is 75.3 Å². The molecule has 0 fully saturated rings. The van der Waals surface area contributed by atoms with Crippen molar-refractivity contribution < 1.29 is 4.92 Å². The first kappa shape index (κ1) is 15.5. The van der Waals surface area contributed by atoms with Crippen molar-refractivity contribution in [3.8, 4) is 0 Å². The molecule has 0 saturated carbocycles. The van der Waals surface area contributed by atoms with E-state index in [-0.39, 0.29) is 29.1 Å². The van der Waals surface area contributed by atoms with E-state index in [0.29, 0.717) is 0 Å². The summed E-state index contributed by atoms with van der Waals surface area (Å²) in [6, 6.07) is 15.6. The fourth-order valence-electron chi connectivity index (χ4n) is 2.75. The summed E-state index contributed by atoms with van der Waals surface area (Å²) in [7, 11) is 0. The number of nitrogens with zero attached hydrogens (tertiary/aromatic N) is 1. The van der Waals surface area contributed by atoms with Gasteiger partial charge in [0, 0.05) is 24.7 Å². The maximum Gasteiger partial charge on any atom is 0.269 e. The van der Waals surface area contributed by atoms with Crippen LogP contribution in [0.5, 0.6) is 0 Å². The van der Waals surface area contributed by atoms with Crippen LogP contribution in [0.3, 0.4) is 0 Å². The lowest BCUT2D eigenvalue weighted by Crippen LogP contribution is -2.18. The van der Waals surface area contributed by atoms with Crippen molar-refractivity contribution in [2.45, 2.75) is 25.4 Å². The monoisotopic (exact) mass is 304 g/mol. The molecule has 1 N–H and O–H groups in total.